The van der Waals surface area contributed by atoms with Gasteiger partial charge in [0.05, 0.1) is 0 Å². The second kappa shape index (κ2) is 4.97. The van der Waals surface area contributed by atoms with Crippen LogP contribution >= 0.6 is 0 Å². The third kappa shape index (κ3) is 2.88. The van der Waals surface area contributed by atoms with E-state index in [2.05, 4.69) is 0 Å². The molecule has 0 saturated heterocycles. The normalized spacial score (nSPS) is 8.10. The Morgan fingerprint density at radius 1 is 1.30 bits per heavy atom. The molecule has 0 unspecified atom stereocenters. The zero-order chi connectivity index (χ0) is 6.69. The summed E-state index contributed by atoms with van der Waals surface area (Å²) in [6, 6.07) is 7.51. The molecule has 0 spiro atoms. The predicted molar refractivity (Wildman–Crippen MR) is 38.6 cm³/mol. The van der Waals surface area contributed by atoms with Gasteiger partial charge in [0.2, 0.25) is 0 Å². The molecule has 1 aromatic rings. The Labute approximate surface area is 88.1 Å². The van der Waals surface area contributed by atoms with Crippen molar-refractivity contribution in [3.63, 3.8) is 0 Å². The van der Waals surface area contributed by atoms with Crippen LogP contribution in [0.3, 0.4) is 0 Å². The standard InChI is InChI=1S/C7H7OS.Na.H/c1-6-2-4-7(9-8)5-3-6;;/h2-5H,1H3;;/q2*+1;-1. The van der Waals surface area contributed by atoms with Crippen LogP contribution in [-0.4, -0.2) is 0 Å². The van der Waals surface area contributed by atoms with E-state index < -0.39 is 0 Å². The van der Waals surface area contributed by atoms with E-state index in [-0.39, 0.29) is 31.0 Å². The molecule has 1 nitrogen and oxygen atoms in total. The van der Waals surface area contributed by atoms with Gasteiger partial charge in [0.15, 0.2) is 0 Å². The average Bonchev–Trinajstić information content (AvgIpc) is 1.90. The Hall–Kier alpha value is 0.240. The largest absolute Gasteiger partial charge is 1.00 e. The fraction of sp³-hybridized carbons (Fsp3) is 0.143. The number of aryl methyl sites for hydroxylation is 1. The van der Waals surface area contributed by atoms with Crippen LogP contribution in [-0.2, 0) is 15.9 Å². The number of hydrogen-bond acceptors (Lipinski definition) is 1. The minimum Gasteiger partial charge on any atom is -1.00 e. The van der Waals surface area contributed by atoms with Crippen LogP contribution in [0.2, 0.25) is 0 Å². The van der Waals surface area contributed by atoms with Gasteiger partial charge in [0.1, 0.15) is 0 Å². The maximum atomic E-state index is 10.2. The summed E-state index contributed by atoms with van der Waals surface area (Å²) in [7, 11) is 0. The molecule has 0 amide bonds. The molecule has 0 aromatic heterocycles. The molecule has 0 N–H and O–H groups in total. The molecule has 48 valence electrons. The van der Waals surface area contributed by atoms with Crippen LogP contribution in [0, 0.1) is 6.92 Å². The molecule has 10 heavy (non-hydrogen) atoms. The summed E-state index contributed by atoms with van der Waals surface area (Å²) >= 11 is 0.527. The molecular weight excluding hydrogens is 155 g/mol. The zero-order valence-corrected chi connectivity index (χ0v) is 8.94. The fourth-order valence-electron chi connectivity index (χ4n) is 0.594. The maximum Gasteiger partial charge on any atom is 1.00 e. The monoisotopic (exact) mass is 163 g/mol. The molecule has 1 rings (SSSR count). The molecule has 0 aliphatic heterocycles. The summed E-state index contributed by atoms with van der Waals surface area (Å²) in [5.74, 6) is 0. The first-order chi connectivity index (χ1) is 4.33. The second-order valence-corrected chi connectivity index (χ2v) is 2.53. The smallest absolute Gasteiger partial charge is 1.00 e. The van der Waals surface area contributed by atoms with Crippen LogP contribution in [0.25, 0.3) is 0 Å². The van der Waals surface area contributed by atoms with Gasteiger partial charge >= 0.3 is 41.2 Å². The van der Waals surface area contributed by atoms with Gasteiger partial charge in [-0.3, -0.25) is 0 Å². The van der Waals surface area contributed by atoms with E-state index in [0.717, 1.165) is 4.90 Å². The molecule has 1 aromatic carbocycles. The van der Waals surface area contributed by atoms with Gasteiger partial charge in [-0.1, -0.05) is 17.7 Å². The van der Waals surface area contributed by atoms with E-state index in [1.54, 1.807) is 0 Å². The fourth-order valence-corrected chi connectivity index (χ4v) is 0.841. The zero-order valence-electron chi connectivity index (χ0n) is 7.13. The molecule has 0 heterocycles. The average molecular weight is 163 g/mol. The molecule has 0 bridgehead atoms. The molecule has 0 aliphatic carbocycles. The molecule has 3 heteroatoms. The van der Waals surface area contributed by atoms with Crippen molar-refractivity contribution in [2.75, 3.05) is 0 Å². The first-order valence-corrected chi connectivity index (χ1v) is 3.43. The Morgan fingerprint density at radius 2 is 1.80 bits per heavy atom. The van der Waals surface area contributed by atoms with Crippen molar-refractivity contribution in [1.82, 2.24) is 0 Å². The van der Waals surface area contributed by atoms with Crippen LogP contribution in [0.15, 0.2) is 29.2 Å². The summed E-state index contributed by atoms with van der Waals surface area (Å²) in [5, 5.41) is 0. The first-order valence-electron chi connectivity index (χ1n) is 2.69. The van der Waals surface area contributed by atoms with Crippen molar-refractivity contribution in [1.29, 1.82) is 0 Å². The SMILES string of the molecule is Cc1ccc([S+]=O)cc1.[H-].[Na+]. The van der Waals surface area contributed by atoms with Gasteiger partial charge in [-0.15, -0.1) is 0 Å². The summed E-state index contributed by atoms with van der Waals surface area (Å²) in [5.41, 5.74) is 1.19. The van der Waals surface area contributed by atoms with Crippen LogP contribution in [0.1, 0.15) is 6.99 Å². The van der Waals surface area contributed by atoms with Gasteiger partial charge in [0, 0.05) is 16.3 Å². The summed E-state index contributed by atoms with van der Waals surface area (Å²) < 4.78 is 10.2. The number of rotatable bonds is 1. The van der Waals surface area contributed by atoms with Crippen LogP contribution in [0.5, 0.6) is 0 Å². The molecular formula is C7H8NaOS+. The van der Waals surface area contributed by atoms with Gasteiger partial charge in [-0.2, -0.15) is 0 Å². The summed E-state index contributed by atoms with van der Waals surface area (Å²) in [6.45, 7) is 2.00. The molecule has 0 radical (unpaired) electrons. The minimum absolute atomic E-state index is 0. The van der Waals surface area contributed by atoms with E-state index in [1.807, 2.05) is 31.2 Å². The Morgan fingerprint density at radius 3 is 2.20 bits per heavy atom. The van der Waals surface area contributed by atoms with Crippen molar-refractivity contribution in [2.24, 2.45) is 0 Å². The third-order valence-electron chi connectivity index (χ3n) is 1.12. The summed E-state index contributed by atoms with van der Waals surface area (Å²) in [4.78, 5) is 0.778. The second-order valence-electron chi connectivity index (χ2n) is 1.90. The summed E-state index contributed by atoms with van der Waals surface area (Å²) in [6.07, 6.45) is 0. The number of hydrogen-bond donors (Lipinski definition) is 0. The molecule has 0 fully saturated rings. The van der Waals surface area contributed by atoms with Crippen LogP contribution < -0.4 is 29.6 Å². The van der Waals surface area contributed by atoms with Crippen molar-refractivity contribution in [2.45, 2.75) is 11.8 Å². The van der Waals surface area contributed by atoms with E-state index >= 15 is 0 Å². The Balaban J connectivity index is 0. The maximum absolute atomic E-state index is 10.2. The third-order valence-corrected chi connectivity index (χ3v) is 1.58. The molecule has 0 atom stereocenters. The van der Waals surface area contributed by atoms with E-state index in [9.17, 15) is 4.21 Å². The van der Waals surface area contributed by atoms with Gasteiger partial charge in [0.25, 0.3) is 4.90 Å². The predicted octanol–water partition coefficient (Wildman–Crippen LogP) is -1.10. The number of benzene rings is 1. The van der Waals surface area contributed by atoms with Crippen molar-refractivity contribution in [3.8, 4) is 0 Å². The molecule has 0 aliphatic rings. The van der Waals surface area contributed by atoms with Crippen LogP contribution in [0.4, 0.5) is 0 Å². The molecule has 0 saturated carbocycles. The topological polar surface area (TPSA) is 17.1 Å². The Bertz CT molecular complexity index is 212. The quantitative estimate of drug-likeness (QED) is 0.379. The van der Waals surface area contributed by atoms with Crippen molar-refractivity contribution in [3.05, 3.63) is 29.8 Å². The van der Waals surface area contributed by atoms with E-state index in [1.165, 1.54) is 5.56 Å². The van der Waals surface area contributed by atoms with Crippen molar-refractivity contribution < 1.29 is 35.2 Å². The minimum atomic E-state index is 0. The Kier molecular flexibility index (Phi) is 5.09. The first kappa shape index (κ1) is 10.2. The van der Waals surface area contributed by atoms with Gasteiger partial charge in [-0.25, -0.2) is 0 Å². The van der Waals surface area contributed by atoms with Gasteiger partial charge in [-0.05, 0) is 6.92 Å². The van der Waals surface area contributed by atoms with Crippen molar-refractivity contribution >= 4 is 11.7 Å². The van der Waals surface area contributed by atoms with Gasteiger partial charge < -0.3 is 1.43 Å². The van der Waals surface area contributed by atoms with E-state index in [0.29, 0.717) is 11.7 Å². The van der Waals surface area contributed by atoms with E-state index in [4.69, 9.17) is 0 Å².